The molecule has 0 bridgehead atoms. The number of hydrogen-bond acceptors (Lipinski definition) is 4. The van der Waals surface area contributed by atoms with Crippen LogP contribution in [0.2, 0.25) is 0 Å². The van der Waals surface area contributed by atoms with Gasteiger partial charge in [0.25, 0.3) is 10.0 Å². The Morgan fingerprint density at radius 2 is 1.86 bits per heavy atom. The maximum Gasteiger partial charge on any atom is 0.337 e. The van der Waals surface area contributed by atoms with Gasteiger partial charge in [-0.1, -0.05) is 17.7 Å². The number of carboxylic acids is 1. The molecule has 22 heavy (non-hydrogen) atoms. The third kappa shape index (κ3) is 3.09. The van der Waals surface area contributed by atoms with Crippen LogP contribution in [-0.2, 0) is 10.0 Å². The molecule has 0 fully saturated rings. The van der Waals surface area contributed by atoms with Gasteiger partial charge in [0.2, 0.25) is 0 Å². The maximum absolute atomic E-state index is 12.7. The third-order valence-corrected chi connectivity index (χ3v) is 5.07. The fourth-order valence-corrected chi connectivity index (χ4v) is 3.46. The molecular weight excluding hydrogens is 304 g/mol. The van der Waals surface area contributed by atoms with Gasteiger partial charge in [-0.05, 0) is 32.0 Å². The Morgan fingerprint density at radius 3 is 2.41 bits per heavy atom. The average Bonchev–Trinajstić information content (AvgIpc) is 2.48. The van der Waals surface area contributed by atoms with Gasteiger partial charge >= 0.3 is 5.97 Å². The minimum absolute atomic E-state index is 0.0601. The van der Waals surface area contributed by atoms with Crippen LogP contribution in [0.15, 0.2) is 47.6 Å². The molecule has 2 aromatic rings. The highest BCUT2D eigenvalue weighted by Crippen LogP contribution is 2.23. The van der Waals surface area contributed by atoms with E-state index in [4.69, 9.17) is 5.11 Å². The van der Waals surface area contributed by atoms with E-state index in [1.165, 1.54) is 30.6 Å². The molecule has 1 N–H and O–H groups in total. The Kier molecular flexibility index (Phi) is 4.46. The molecule has 0 amide bonds. The van der Waals surface area contributed by atoms with Crippen molar-refractivity contribution in [1.82, 2.24) is 4.98 Å². The number of hydrogen-bond donors (Lipinski definition) is 1. The van der Waals surface area contributed by atoms with Crippen molar-refractivity contribution in [3.05, 3.63) is 53.9 Å². The van der Waals surface area contributed by atoms with Crippen LogP contribution < -0.4 is 4.31 Å². The van der Waals surface area contributed by atoms with Crippen LogP contribution in [-0.4, -0.2) is 31.0 Å². The van der Waals surface area contributed by atoms with Crippen molar-refractivity contribution in [3.63, 3.8) is 0 Å². The lowest BCUT2D eigenvalue weighted by atomic mass is 10.2. The lowest BCUT2D eigenvalue weighted by Crippen LogP contribution is -2.31. The number of anilines is 1. The first kappa shape index (κ1) is 16.0. The molecule has 116 valence electrons. The zero-order valence-corrected chi connectivity index (χ0v) is 13.0. The summed E-state index contributed by atoms with van der Waals surface area (Å²) in [5.74, 6) is -1.15. The maximum atomic E-state index is 12.7. The van der Waals surface area contributed by atoms with E-state index in [1.807, 2.05) is 6.92 Å². The lowest BCUT2D eigenvalue weighted by molar-refractivity contribution is 0.0696. The number of carboxylic acid groups (broad SMARTS) is 1. The van der Waals surface area contributed by atoms with Gasteiger partial charge in [-0.25, -0.2) is 13.2 Å². The summed E-state index contributed by atoms with van der Waals surface area (Å²) in [4.78, 5) is 15.0. The number of nitrogens with zero attached hydrogens (tertiary/aromatic N) is 2. The molecule has 0 aliphatic carbocycles. The molecule has 2 rings (SSSR count). The van der Waals surface area contributed by atoms with E-state index in [-0.39, 0.29) is 22.7 Å². The van der Waals surface area contributed by atoms with Crippen molar-refractivity contribution in [3.8, 4) is 0 Å². The largest absolute Gasteiger partial charge is 0.478 e. The minimum Gasteiger partial charge on any atom is -0.478 e. The van der Waals surface area contributed by atoms with Crippen LogP contribution in [0.3, 0.4) is 0 Å². The van der Waals surface area contributed by atoms with Crippen LogP contribution in [0.4, 0.5) is 5.69 Å². The number of sulfonamides is 1. The zero-order chi connectivity index (χ0) is 16.3. The number of carbonyl (C=O) groups is 1. The molecule has 1 aromatic carbocycles. The first-order valence-electron chi connectivity index (χ1n) is 6.64. The monoisotopic (exact) mass is 320 g/mol. The van der Waals surface area contributed by atoms with Crippen molar-refractivity contribution < 1.29 is 18.3 Å². The molecule has 6 nitrogen and oxygen atoms in total. The zero-order valence-electron chi connectivity index (χ0n) is 12.2. The summed E-state index contributed by atoms with van der Waals surface area (Å²) in [7, 11) is -3.76. The Morgan fingerprint density at radius 1 is 1.23 bits per heavy atom. The van der Waals surface area contributed by atoms with Gasteiger partial charge in [0, 0.05) is 12.7 Å². The third-order valence-electron chi connectivity index (χ3n) is 3.15. The summed E-state index contributed by atoms with van der Waals surface area (Å²) in [6.07, 6.45) is 2.51. The molecule has 0 saturated heterocycles. The molecule has 0 spiro atoms. The van der Waals surface area contributed by atoms with Crippen molar-refractivity contribution in [2.45, 2.75) is 18.7 Å². The first-order chi connectivity index (χ1) is 10.4. The van der Waals surface area contributed by atoms with Gasteiger partial charge in [-0.2, -0.15) is 0 Å². The van der Waals surface area contributed by atoms with Crippen LogP contribution in [0.25, 0.3) is 0 Å². The standard InChI is InChI=1S/C15H16N2O4S/c1-3-17(13-8-12(15(18)19)9-16-10-13)22(20,21)14-6-4-11(2)5-7-14/h4-10H,3H2,1-2H3,(H,18,19). The predicted molar refractivity (Wildman–Crippen MR) is 82.6 cm³/mol. The van der Waals surface area contributed by atoms with Crippen LogP contribution in [0.5, 0.6) is 0 Å². The smallest absolute Gasteiger partial charge is 0.337 e. The minimum atomic E-state index is -3.76. The average molecular weight is 320 g/mol. The molecule has 7 heteroatoms. The molecule has 0 saturated carbocycles. The topological polar surface area (TPSA) is 87.6 Å². The quantitative estimate of drug-likeness (QED) is 0.913. The molecule has 0 aliphatic heterocycles. The van der Waals surface area contributed by atoms with Crippen molar-refractivity contribution in [1.29, 1.82) is 0 Å². The number of rotatable bonds is 5. The predicted octanol–water partition coefficient (Wildman–Crippen LogP) is 2.30. The second-order valence-corrected chi connectivity index (χ2v) is 6.58. The van der Waals surface area contributed by atoms with Gasteiger partial charge in [-0.3, -0.25) is 9.29 Å². The van der Waals surface area contributed by atoms with Gasteiger partial charge in [-0.15, -0.1) is 0 Å². The highest BCUT2D eigenvalue weighted by Gasteiger charge is 2.24. The molecule has 0 aliphatic rings. The SMILES string of the molecule is CCN(c1cncc(C(=O)O)c1)S(=O)(=O)c1ccc(C)cc1. The Labute approximate surface area is 129 Å². The number of benzene rings is 1. The summed E-state index contributed by atoms with van der Waals surface area (Å²) >= 11 is 0. The summed E-state index contributed by atoms with van der Waals surface area (Å²) < 4.78 is 26.6. The number of aryl methyl sites for hydroxylation is 1. The van der Waals surface area contributed by atoms with E-state index in [2.05, 4.69) is 4.98 Å². The number of pyridine rings is 1. The van der Waals surface area contributed by atoms with Gasteiger partial charge < -0.3 is 5.11 Å². The van der Waals surface area contributed by atoms with Crippen LogP contribution in [0.1, 0.15) is 22.8 Å². The number of aromatic carboxylic acids is 1. The Balaban J connectivity index is 2.49. The second kappa shape index (κ2) is 6.15. The Bertz CT molecular complexity index is 785. The van der Waals surface area contributed by atoms with Gasteiger partial charge in [0.1, 0.15) is 0 Å². The van der Waals surface area contributed by atoms with E-state index < -0.39 is 16.0 Å². The van der Waals surface area contributed by atoms with Gasteiger partial charge in [0.15, 0.2) is 0 Å². The first-order valence-corrected chi connectivity index (χ1v) is 8.08. The number of aromatic nitrogens is 1. The van der Waals surface area contributed by atoms with Crippen LogP contribution >= 0.6 is 0 Å². The molecule has 1 aromatic heterocycles. The summed E-state index contributed by atoms with van der Waals surface area (Å²) in [5, 5.41) is 9.01. The molecule has 0 radical (unpaired) electrons. The van der Waals surface area contributed by atoms with E-state index in [1.54, 1.807) is 19.1 Å². The van der Waals surface area contributed by atoms with E-state index >= 15 is 0 Å². The fraction of sp³-hybridized carbons (Fsp3) is 0.200. The lowest BCUT2D eigenvalue weighted by Gasteiger charge is -2.22. The molecule has 0 unspecified atom stereocenters. The van der Waals surface area contributed by atoms with Crippen molar-refractivity contribution in [2.24, 2.45) is 0 Å². The normalized spacial score (nSPS) is 11.2. The van der Waals surface area contributed by atoms with E-state index in [0.717, 1.165) is 9.87 Å². The molecule has 1 heterocycles. The van der Waals surface area contributed by atoms with Crippen molar-refractivity contribution >= 4 is 21.7 Å². The molecular formula is C15H16N2O4S. The molecule has 0 atom stereocenters. The fourth-order valence-electron chi connectivity index (χ4n) is 2.01. The summed E-state index contributed by atoms with van der Waals surface area (Å²) in [5.41, 5.74) is 1.12. The second-order valence-electron chi connectivity index (χ2n) is 4.72. The highest BCUT2D eigenvalue weighted by molar-refractivity contribution is 7.92. The van der Waals surface area contributed by atoms with E-state index in [9.17, 15) is 13.2 Å². The highest BCUT2D eigenvalue weighted by atomic mass is 32.2. The Hall–Kier alpha value is -2.41. The van der Waals surface area contributed by atoms with E-state index in [0.29, 0.717) is 0 Å². The summed E-state index contributed by atoms with van der Waals surface area (Å²) in [6.45, 7) is 3.72. The van der Waals surface area contributed by atoms with Crippen LogP contribution in [0, 0.1) is 6.92 Å². The van der Waals surface area contributed by atoms with Gasteiger partial charge in [0.05, 0.1) is 22.3 Å². The summed E-state index contributed by atoms with van der Waals surface area (Å²) in [6, 6.07) is 7.79. The van der Waals surface area contributed by atoms with Crippen molar-refractivity contribution in [2.75, 3.05) is 10.8 Å².